The molecule has 0 saturated heterocycles. The van der Waals surface area contributed by atoms with Crippen molar-refractivity contribution < 1.29 is 18.5 Å². The number of carbonyl (C=O) groups excluding carboxylic acids is 2. The molecule has 5 nitrogen and oxygen atoms in total. The highest BCUT2D eigenvalue weighted by molar-refractivity contribution is 9.10. The van der Waals surface area contributed by atoms with Crippen LogP contribution < -0.4 is 5.32 Å². The third-order valence-electron chi connectivity index (χ3n) is 3.74. The Labute approximate surface area is 163 Å². The van der Waals surface area contributed by atoms with Crippen molar-refractivity contribution in [1.82, 2.24) is 5.32 Å². The summed E-state index contributed by atoms with van der Waals surface area (Å²) in [4.78, 5) is 24.4. The predicted molar refractivity (Wildman–Crippen MR) is 105 cm³/mol. The first kappa shape index (κ1) is 20.3. The Morgan fingerprint density at radius 2 is 1.88 bits per heavy atom. The van der Waals surface area contributed by atoms with Gasteiger partial charge in [-0.15, -0.1) is 0 Å². The van der Waals surface area contributed by atoms with E-state index < -0.39 is 22.8 Å². The van der Waals surface area contributed by atoms with Gasteiger partial charge in [-0.2, -0.15) is 0 Å². The molecule has 2 aromatic carbocycles. The summed E-state index contributed by atoms with van der Waals surface area (Å²) in [6, 6.07) is 13.9. The van der Waals surface area contributed by atoms with Crippen LogP contribution in [0, 0.1) is 0 Å². The van der Waals surface area contributed by atoms with Gasteiger partial charge in [-0.05, 0) is 35.4 Å². The fourth-order valence-corrected chi connectivity index (χ4v) is 3.39. The Bertz CT molecular complexity index is 807. The van der Waals surface area contributed by atoms with E-state index in [0.29, 0.717) is 11.3 Å². The minimum atomic E-state index is -0.987. The van der Waals surface area contributed by atoms with Crippen LogP contribution in [0.2, 0.25) is 0 Å². The average molecular weight is 438 g/mol. The fourth-order valence-electron chi connectivity index (χ4n) is 2.48. The molecule has 2 unspecified atom stereocenters. The number of hydrogen-bond donors (Lipinski definition) is 1. The van der Waals surface area contributed by atoms with Gasteiger partial charge in [0.2, 0.25) is 0 Å². The zero-order valence-electron chi connectivity index (χ0n) is 14.5. The van der Waals surface area contributed by atoms with Gasteiger partial charge in [0.05, 0.1) is 19.6 Å². The maximum absolute atomic E-state index is 12.7. The zero-order valence-corrected chi connectivity index (χ0v) is 16.9. The zero-order chi connectivity index (χ0) is 19.1. The van der Waals surface area contributed by atoms with Gasteiger partial charge in [0.1, 0.15) is 0 Å². The van der Waals surface area contributed by atoms with E-state index in [1.165, 1.54) is 7.11 Å². The highest BCUT2D eigenvalue weighted by Gasteiger charge is 2.20. The van der Waals surface area contributed by atoms with Gasteiger partial charge in [0.25, 0.3) is 5.91 Å². The molecule has 0 saturated carbocycles. The molecule has 0 fully saturated rings. The van der Waals surface area contributed by atoms with Crippen LogP contribution in [0.3, 0.4) is 0 Å². The number of esters is 1. The molecule has 138 valence electrons. The summed E-state index contributed by atoms with van der Waals surface area (Å²) in [5, 5.41) is 2.88. The van der Waals surface area contributed by atoms with Crippen LogP contribution in [0.15, 0.2) is 53.0 Å². The lowest BCUT2D eigenvalue weighted by Crippen LogP contribution is -2.30. The van der Waals surface area contributed by atoms with E-state index in [4.69, 9.17) is 4.74 Å². The van der Waals surface area contributed by atoms with Crippen molar-refractivity contribution in [3.63, 3.8) is 0 Å². The van der Waals surface area contributed by atoms with Crippen molar-refractivity contribution in [3.8, 4) is 0 Å². The molecule has 0 aromatic heterocycles. The molecule has 0 spiro atoms. The number of carbonyl (C=O) groups is 2. The SMILES string of the molecule is COC(=O)CC(NC(=O)c1cccc(CS(C)=O)c1)c1ccc(Br)cc1. The first-order valence-corrected chi connectivity index (χ1v) is 10.4. The Balaban J connectivity index is 2.21. The van der Waals surface area contributed by atoms with E-state index in [1.54, 1.807) is 24.5 Å². The van der Waals surface area contributed by atoms with Crippen molar-refractivity contribution in [2.75, 3.05) is 13.4 Å². The third kappa shape index (κ3) is 6.07. The highest BCUT2D eigenvalue weighted by atomic mass is 79.9. The van der Waals surface area contributed by atoms with Gasteiger partial charge >= 0.3 is 5.97 Å². The third-order valence-corrected chi connectivity index (χ3v) is 5.00. The van der Waals surface area contributed by atoms with Crippen LogP contribution in [-0.4, -0.2) is 29.5 Å². The van der Waals surface area contributed by atoms with Crippen LogP contribution >= 0.6 is 15.9 Å². The van der Waals surface area contributed by atoms with Gasteiger partial charge in [0, 0.05) is 32.8 Å². The maximum atomic E-state index is 12.7. The summed E-state index contributed by atoms with van der Waals surface area (Å²) >= 11 is 3.37. The number of amides is 1. The lowest BCUT2D eigenvalue weighted by Gasteiger charge is -2.18. The Morgan fingerprint density at radius 3 is 2.50 bits per heavy atom. The van der Waals surface area contributed by atoms with E-state index in [1.807, 2.05) is 30.3 Å². The molecule has 1 N–H and O–H groups in total. The molecular weight excluding hydrogens is 418 g/mol. The van der Waals surface area contributed by atoms with Crippen LogP contribution in [0.4, 0.5) is 0 Å². The average Bonchev–Trinajstić information content (AvgIpc) is 2.61. The lowest BCUT2D eigenvalue weighted by atomic mass is 10.0. The summed E-state index contributed by atoms with van der Waals surface area (Å²) in [6.07, 6.45) is 1.65. The van der Waals surface area contributed by atoms with Gasteiger partial charge in [-0.25, -0.2) is 0 Å². The molecule has 7 heteroatoms. The molecule has 1 amide bonds. The van der Waals surface area contributed by atoms with Crippen molar-refractivity contribution >= 4 is 38.6 Å². The second kappa shape index (κ2) is 9.64. The van der Waals surface area contributed by atoms with Crippen LogP contribution in [0.5, 0.6) is 0 Å². The molecule has 0 heterocycles. The predicted octanol–water partition coefficient (Wildman–Crippen LogP) is 3.36. The molecule has 0 aliphatic rings. The van der Waals surface area contributed by atoms with Gasteiger partial charge in [-0.1, -0.05) is 40.2 Å². The minimum absolute atomic E-state index is 0.0303. The topological polar surface area (TPSA) is 72.5 Å². The number of hydrogen-bond acceptors (Lipinski definition) is 4. The van der Waals surface area contributed by atoms with Crippen molar-refractivity contribution in [1.29, 1.82) is 0 Å². The summed E-state index contributed by atoms with van der Waals surface area (Å²) in [6.45, 7) is 0. The molecule has 0 bridgehead atoms. The Hall–Kier alpha value is -1.99. The second-order valence-electron chi connectivity index (χ2n) is 5.78. The summed E-state index contributed by atoms with van der Waals surface area (Å²) in [7, 11) is 0.329. The van der Waals surface area contributed by atoms with E-state index in [9.17, 15) is 13.8 Å². The molecule has 2 aromatic rings. The van der Waals surface area contributed by atoms with Crippen molar-refractivity contribution in [2.45, 2.75) is 18.2 Å². The first-order chi connectivity index (χ1) is 12.4. The number of nitrogens with one attached hydrogen (secondary N) is 1. The van der Waals surface area contributed by atoms with Gasteiger partial charge in [-0.3, -0.25) is 13.8 Å². The van der Waals surface area contributed by atoms with E-state index in [-0.39, 0.29) is 12.3 Å². The minimum Gasteiger partial charge on any atom is -0.469 e. The van der Waals surface area contributed by atoms with Crippen LogP contribution in [-0.2, 0) is 26.1 Å². The fraction of sp³-hybridized carbons (Fsp3) is 0.263. The number of benzene rings is 2. The molecule has 0 aliphatic heterocycles. The Kier molecular flexibility index (Phi) is 7.53. The first-order valence-electron chi connectivity index (χ1n) is 7.91. The highest BCUT2D eigenvalue weighted by Crippen LogP contribution is 2.21. The number of halogens is 1. The monoisotopic (exact) mass is 437 g/mol. The smallest absolute Gasteiger partial charge is 0.307 e. The van der Waals surface area contributed by atoms with E-state index in [0.717, 1.165) is 15.6 Å². The second-order valence-corrected chi connectivity index (χ2v) is 8.13. The molecule has 0 aliphatic carbocycles. The number of rotatable bonds is 7. The van der Waals surface area contributed by atoms with Crippen LogP contribution in [0.25, 0.3) is 0 Å². The largest absolute Gasteiger partial charge is 0.469 e. The molecule has 2 rings (SSSR count). The molecule has 2 atom stereocenters. The van der Waals surface area contributed by atoms with E-state index in [2.05, 4.69) is 21.2 Å². The molecule has 0 radical (unpaired) electrons. The normalized spacial score (nSPS) is 12.9. The quantitative estimate of drug-likeness (QED) is 0.673. The van der Waals surface area contributed by atoms with Crippen molar-refractivity contribution in [2.24, 2.45) is 0 Å². The summed E-state index contributed by atoms with van der Waals surface area (Å²) < 4.78 is 17.0. The number of ether oxygens (including phenoxy) is 1. The molecular formula is C19H20BrNO4S. The van der Waals surface area contributed by atoms with E-state index >= 15 is 0 Å². The van der Waals surface area contributed by atoms with Crippen LogP contribution in [0.1, 0.15) is 33.9 Å². The van der Waals surface area contributed by atoms with Gasteiger partial charge in [0.15, 0.2) is 0 Å². The van der Waals surface area contributed by atoms with Gasteiger partial charge < -0.3 is 10.1 Å². The molecule has 26 heavy (non-hydrogen) atoms. The summed E-state index contributed by atoms with van der Waals surface area (Å²) in [5.41, 5.74) is 2.09. The summed E-state index contributed by atoms with van der Waals surface area (Å²) in [5.74, 6) is -0.321. The maximum Gasteiger partial charge on any atom is 0.307 e. The van der Waals surface area contributed by atoms with Crippen molar-refractivity contribution in [3.05, 3.63) is 69.7 Å². The number of methoxy groups -OCH3 is 1. The lowest BCUT2D eigenvalue weighted by molar-refractivity contribution is -0.141. The standard InChI is InChI=1S/C19H20BrNO4S/c1-25-18(22)11-17(14-6-8-16(20)9-7-14)21-19(23)15-5-3-4-13(10-15)12-26(2)24/h3-10,17H,11-12H2,1-2H3,(H,21,23). The Morgan fingerprint density at radius 1 is 1.19 bits per heavy atom.